The van der Waals surface area contributed by atoms with Gasteiger partial charge in [-0.15, -0.1) is 0 Å². The van der Waals surface area contributed by atoms with Crippen LogP contribution in [-0.2, 0) is 14.3 Å². The van der Waals surface area contributed by atoms with Crippen molar-refractivity contribution in [3.63, 3.8) is 0 Å². The largest absolute Gasteiger partial charge is 0.513 e. The summed E-state index contributed by atoms with van der Waals surface area (Å²) >= 11 is 0. The van der Waals surface area contributed by atoms with E-state index in [9.17, 15) is 14.7 Å². The Balaban J connectivity index is 2.46. The number of ether oxygens (including phenoxy) is 2. The molecule has 2 N–H and O–H groups in total. The second-order valence-electron chi connectivity index (χ2n) is 7.04. The van der Waals surface area contributed by atoms with Crippen LogP contribution >= 0.6 is 0 Å². The zero-order valence-corrected chi connectivity index (χ0v) is 15.1. The van der Waals surface area contributed by atoms with Crippen LogP contribution in [0, 0.1) is 11.3 Å². The molecule has 6 heteroatoms. The van der Waals surface area contributed by atoms with Gasteiger partial charge in [-0.1, -0.05) is 39.7 Å². The van der Waals surface area contributed by atoms with Crippen LogP contribution in [0.15, 0.2) is 12.3 Å². The Kier molecular flexibility index (Phi) is 8.08. The van der Waals surface area contributed by atoms with Crippen LogP contribution < -0.4 is 5.32 Å². The maximum atomic E-state index is 11.9. The van der Waals surface area contributed by atoms with Gasteiger partial charge in [0, 0.05) is 19.9 Å². The second-order valence-corrected chi connectivity index (χ2v) is 7.04. The van der Waals surface area contributed by atoms with Crippen LogP contribution in [0.3, 0.4) is 0 Å². The van der Waals surface area contributed by atoms with Gasteiger partial charge in [-0.05, 0) is 24.7 Å². The van der Waals surface area contributed by atoms with Crippen molar-refractivity contribution in [2.75, 3.05) is 6.54 Å². The number of amides is 1. The van der Waals surface area contributed by atoms with Gasteiger partial charge in [-0.3, -0.25) is 4.79 Å². The highest BCUT2D eigenvalue weighted by Gasteiger charge is 2.32. The number of allylic oxidation sites excluding steroid dienone is 1. The lowest BCUT2D eigenvalue weighted by atomic mass is 9.71. The minimum atomic E-state index is -0.917. The fraction of sp³-hybridized carbons (Fsp3) is 0.778. The Bertz CT molecular complexity index is 441. The van der Waals surface area contributed by atoms with Gasteiger partial charge in [0.15, 0.2) is 0 Å². The predicted molar refractivity (Wildman–Crippen MR) is 91.4 cm³/mol. The van der Waals surface area contributed by atoms with Gasteiger partial charge < -0.3 is 19.9 Å². The summed E-state index contributed by atoms with van der Waals surface area (Å²) in [4.78, 5) is 23.4. The predicted octanol–water partition coefficient (Wildman–Crippen LogP) is 4.06. The van der Waals surface area contributed by atoms with Crippen molar-refractivity contribution in [3.8, 4) is 0 Å². The standard InChI is InChI=1S/C18H31NO5/c1-13(2)16(21)23-15(4)24-17(22)19-12-18(11-8-14(3)20)9-6-5-7-10-18/h13,15,20H,3,5-12H2,1-2,4H3,(H,19,22). The Hall–Kier alpha value is -1.72. The molecule has 0 aromatic rings. The van der Waals surface area contributed by atoms with Crippen molar-refractivity contribution in [3.05, 3.63) is 12.3 Å². The van der Waals surface area contributed by atoms with E-state index in [1.165, 1.54) is 13.3 Å². The molecule has 138 valence electrons. The molecule has 1 unspecified atom stereocenters. The second kappa shape index (κ2) is 9.55. The highest BCUT2D eigenvalue weighted by molar-refractivity contribution is 5.72. The number of hydrogen-bond donors (Lipinski definition) is 2. The minimum Gasteiger partial charge on any atom is -0.513 e. The van der Waals surface area contributed by atoms with Crippen molar-refractivity contribution in [2.24, 2.45) is 11.3 Å². The molecule has 0 saturated heterocycles. The van der Waals surface area contributed by atoms with E-state index in [4.69, 9.17) is 9.47 Å². The first-order valence-electron chi connectivity index (χ1n) is 8.76. The van der Waals surface area contributed by atoms with E-state index in [1.54, 1.807) is 13.8 Å². The molecular formula is C18H31NO5. The molecular weight excluding hydrogens is 310 g/mol. The number of aliphatic hydroxyl groups excluding tert-OH is 1. The van der Waals surface area contributed by atoms with Crippen LogP contribution in [0.1, 0.15) is 65.7 Å². The third kappa shape index (κ3) is 7.23. The number of carbonyl (C=O) groups excluding carboxylic acids is 2. The van der Waals surface area contributed by atoms with Gasteiger partial charge in [-0.25, -0.2) is 4.79 Å². The molecule has 1 atom stereocenters. The maximum absolute atomic E-state index is 11.9. The summed E-state index contributed by atoms with van der Waals surface area (Å²) in [5, 5.41) is 12.2. The molecule has 0 heterocycles. The van der Waals surface area contributed by atoms with E-state index in [2.05, 4.69) is 11.9 Å². The Labute approximate surface area is 144 Å². The van der Waals surface area contributed by atoms with Gasteiger partial charge in [0.1, 0.15) is 0 Å². The average Bonchev–Trinajstić information content (AvgIpc) is 2.52. The molecule has 0 spiro atoms. The monoisotopic (exact) mass is 341 g/mol. The van der Waals surface area contributed by atoms with Gasteiger partial charge in [0.05, 0.1) is 11.7 Å². The van der Waals surface area contributed by atoms with E-state index in [1.807, 2.05) is 0 Å². The first-order chi connectivity index (χ1) is 11.2. The van der Waals surface area contributed by atoms with E-state index in [0.717, 1.165) is 32.1 Å². The van der Waals surface area contributed by atoms with Crippen LogP contribution in [0.5, 0.6) is 0 Å². The zero-order valence-electron chi connectivity index (χ0n) is 15.1. The Morgan fingerprint density at radius 1 is 1.17 bits per heavy atom. The molecule has 0 aromatic heterocycles. The Morgan fingerprint density at radius 2 is 1.79 bits per heavy atom. The van der Waals surface area contributed by atoms with E-state index in [-0.39, 0.29) is 17.1 Å². The van der Waals surface area contributed by atoms with Gasteiger partial charge in [0.2, 0.25) is 6.29 Å². The highest BCUT2D eigenvalue weighted by Crippen LogP contribution is 2.40. The summed E-state index contributed by atoms with van der Waals surface area (Å²) in [7, 11) is 0. The number of esters is 1. The summed E-state index contributed by atoms with van der Waals surface area (Å²) in [6, 6.07) is 0. The lowest BCUT2D eigenvalue weighted by Gasteiger charge is -2.37. The fourth-order valence-corrected chi connectivity index (χ4v) is 3.00. The molecule has 24 heavy (non-hydrogen) atoms. The topological polar surface area (TPSA) is 84.9 Å². The minimum absolute atomic E-state index is 0.0270. The number of alkyl carbamates (subject to hydrolysis) is 1. The highest BCUT2D eigenvalue weighted by atomic mass is 16.7. The average molecular weight is 341 g/mol. The van der Waals surface area contributed by atoms with Gasteiger partial charge in [0.25, 0.3) is 0 Å². The van der Waals surface area contributed by atoms with Crippen molar-refractivity contribution in [2.45, 2.75) is 72.0 Å². The smallest absolute Gasteiger partial charge is 0.410 e. The molecule has 1 amide bonds. The number of aliphatic hydroxyl groups is 1. The number of rotatable bonds is 8. The molecule has 6 nitrogen and oxygen atoms in total. The molecule has 0 aromatic carbocycles. The number of carbonyl (C=O) groups is 2. The van der Waals surface area contributed by atoms with Gasteiger partial charge in [-0.2, -0.15) is 0 Å². The lowest BCUT2D eigenvalue weighted by Crippen LogP contribution is -2.40. The van der Waals surface area contributed by atoms with Crippen molar-refractivity contribution >= 4 is 12.1 Å². The molecule has 0 bridgehead atoms. The molecule has 1 fully saturated rings. The van der Waals surface area contributed by atoms with Crippen molar-refractivity contribution in [1.29, 1.82) is 0 Å². The molecule has 0 aliphatic heterocycles. The SMILES string of the molecule is C=C(O)CCC1(CNC(=O)OC(C)OC(=O)C(C)C)CCCCC1. The number of hydrogen-bond acceptors (Lipinski definition) is 5. The van der Waals surface area contributed by atoms with Crippen molar-refractivity contribution < 1.29 is 24.2 Å². The zero-order chi connectivity index (χ0) is 18.2. The molecule has 0 radical (unpaired) electrons. The van der Waals surface area contributed by atoms with E-state index in [0.29, 0.717) is 13.0 Å². The van der Waals surface area contributed by atoms with Crippen LogP contribution in [-0.4, -0.2) is 30.0 Å². The summed E-state index contributed by atoms with van der Waals surface area (Å²) in [6.45, 7) is 8.99. The fourth-order valence-electron chi connectivity index (χ4n) is 3.00. The molecule has 1 saturated carbocycles. The summed E-state index contributed by atoms with van der Waals surface area (Å²) in [6.07, 6.45) is 5.30. The first kappa shape index (κ1) is 20.3. The normalized spacial score (nSPS) is 17.8. The molecule has 1 aliphatic carbocycles. The number of nitrogens with one attached hydrogen (secondary N) is 1. The molecule has 1 rings (SSSR count). The quantitative estimate of drug-likeness (QED) is 0.395. The summed E-state index contributed by atoms with van der Waals surface area (Å²) in [5.41, 5.74) is -0.0270. The van der Waals surface area contributed by atoms with Gasteiger partial charge >= 0.3 is 12.1 Å². The maximum Gasteiger partial charge on any atom is 0.410 e. The lowest BCUT2D eigenvalue weighted by molar-refractivity contribution is -0.168. The van der Waals surface area contributed by atoms with Crippen LogP contribution in [0.2, 0.25) is 0 Å². The summed E-state index contributed by atoms with van der Waals surface area (Å²) < 4.78 is 10.1. The van der Waals surface area contributed by atoms with E-state index < -0.39 is 18.4 Å². The summed E-state index contributed by atoms with van der Waals surface area (Å²) in [5.74, 6) is -0.492. The molecule has 1 aliphatic rings. The third-order valence-corrected chi connectivity index (χ3v) is 4.49. The van der Waals surface area contributed by atoms with Crippen LogP contribution in [0.25, 0.3) is 0 Å². The first-order valence-corrected chi connectivity index (χ1v) is 8.76. The third-order valence-electron chi connectivity index (χ3n) is 4.49. The van der Waals surface area contributed by atoms with Crippen LogP contribution in [0.4, 0.5) is 4.79 Å². The van der Waals surface area contributed by atoms with E-state index >= 15 is 0 Å². The Morgan fingerprint density at radius 3 is 2.33 bits per heavy atom. The van der Waals surface area contributed by atoms with Crippen molar-refractivity contribution in [1.82, 2.24) is 5.32 Å².